The standard InChI is InChI=1S/C21H18N2O.C9H19N.C2H6.CH3Cl/c1-13-8-9-21-17(10-13)18(12-23(21)3)20-11-16(14(2)24)15-6-4-5-7-19(15)22-20;1-2-8-4-3-5-9(6-8)7-10;2*1-2/h4-12H,1-3H3;8-9H,2-7,10H2,1H3;1-2H3;1H3. The van der Waals surface area contributed by atoms with Gasteiger partial charge in [-0.25, -0.2) is 4.98 Å². The number of nitrogens with zero attached hydrogens (tertiary/aromatic N) is 2. The van der Waals surface area contributed by atoms with Crippen molar-refractivity contribution in [2.75, 3.05) is 12.9 Å². The molecule has 0 radical (unpaired) electrons. The number of ketones is 1. The lowest BCUT2D eigenvalue weighted by atomic mass is 9.80. The molecule has 206 valence electrons. The summed E-state index contributed by atoms with van der Waals surface area (Å²) in [6.45, 7) is 10.9. The third kappa shape index (κ3) is 7.68. The molecule has 2 heterocycles. The van der Waals surface area contributed by atoms with E-state index in [1.807, 2.05) is 51.2 Å². The molecular formula is C33H46ClN3O. The summed E-state index contributed by atoms with van der Waals surface area (Å²) in [5.74, 6) is 1.90. The number of hydrogen-bond acceptors (Lipinski definition) is 3. The van der Waals surface area contributed by atoms with Crippen molar-refractivity contribution in [3.63, 3.8) is 0 Å². The maximum atomic E-state index is 12.1. The number of fused-ring (bicyclic) bond motifs is 2. The van der Waals surface area contributed by atoms with Crippen LogP contribution in [0, 0.1) is 18.8 Å². The first-order valence-electron chi connectivity index (χ1n) is 14.0. The number of nitrogens with two attached hydrogens (primary N) is 1. The molecular weight excluding hydrogens is 490 g/mol. The Hall–Kier alpha value is -2.69. The lowest BCUT2D eigenvalue weighted by Crippen LogP contribution is -2.22. The summed E-state index contributed by atoms with van der Waals surface area (Å²) < 4.78 is 2.11. The molecule has 4 aromatic rings. The van der Waals surface area contributed by atoms with Crippen molar-refractivity contribution in [3.05, 3.63) is 65.9 Å². The van der Waals surface area contributed by atoms with Crippen LogP contribution in [0.4, 0.5) is 0 Å². The Balaban J connectivity index is 0.000000304. The minimum absolute atomic E-state index is 0.0614. The number of aryl methyl sites for hydroxylation is 2. The molecule has 1 aliphatic carbocycles. The van der Waals surface area contributed by atoms with Gasteiger partial charge in [-0.3, -0.25) is 4.79 Å². The van der Waals surface area contributed by atoms with Gasteiger partial charge in [0, 0.05) is 47.0 Å². The molecule has 0 bridgehead atoms. The van der Waals surface area contributed by atoms with E-state index in [0.29, 0.717) is 0 Å². The van der Waals surface area contributed by atoms with Crippen LogP contribution in [-0.4, -0.2) is 28.3 Å². The quantitative estimate of drug-likeness (QED) is 0.209. The van der Waals surface area contributed by atoms with E-state index in [1.165, 1.54) is 44.1 Å². The van der Waals surface area contributed by atoms with Gasteiger partial charge in [-0.15, -0.1) is 11.6 Å². The Morgan fingerprint density at radius 2 is 1.74 bits per heavy atom. The number of Topliss-reactive ketones (excluding diaryl/α,β-unsaturated/α-hetero) is 1. The van der Waals surface area contributed by atoms with Crippen molar-refractivity contribution in [1.82, 2.24) is 9.55 Å². The molecule has 38 heavy (non-hydrogen) atoms. The highest BCUT2D eigenvalue weighted by molar-refractivity contribution is 6.15. The van der Waals surface area contributed by atoms with E-state index < -0.39 is 0 Å². The van der Waals surface area contributed by atoms with Gasteiger partial charge in [0.2, 0.25) is 0 Å². The summed E-state index contributed by atoms with van der Waals surface area (Å²) in [6, 6.07) is 16.1. The van der Waals surface area contributed by atoms with Gasteiger partial charge in [-0.2, -0.15) is 0 Å². The zero-order valence-corrected chi connectivity index (χ0v) is 25.1. The van der Waals surface area contributed by atoms with Gasteiger partial charge in [-0.1, -0.05) is 69.9 Å². The number of carbonyl (C=O) groups excluding carboxylic acids is 1. The number of carbonyl (C=O) groups is 1. The predicted octanol–water partition coefficient (Wildman–Crippen LogP) is 8.95. The zero-order valence-electron chi connectivity index (χ0n) is 24.4. The Labute approximate surface area is 234 Å². The summed E-state index contributed by atoms with van der Waals surface area (Å²) in [5, 5.41) is 2.07. The van der Waals surface area contributed by atoms with Crippen LogP contribution >= 0.6 is 11.6 Å². The summed E-state index contributed by atoms with van der Waals surface area (Å²) in [6.07, 6.45) is 10.6. The van der Waals surface area contributed by atoms with Crippen molar-refractivity contribution < 1.29 is 4.79 Å². The van der Waals surface area contributed by atoms with Crippen LogP contribution in [0.1, 0.15) is 75.7 Å². The maximum absolute atomic E-state index is 12.1. The van der Waals surface area contributed by atoms with Gasteiger partial charge < -0.3 is 10.3 Å². The second-order valence-corrected chi connectivity index (χ2v) is 9.85. The molecule has 2 unspecified atom stereocenters. The average Bonchev–Trinajstić information content (AvgIpc) is 3.30. The normalized spacial score (nSPS) is 16.4. The highest BCUT2D eigenvalue weighted by atomic mass is 35.5. The molecule has 1 fully saturated rings. The van der Waals surface area contributed by atoms with E-state index in [4.69, 9.17) is 10.7 Å². The lowest BCUT2D eigenvalue weighted by molar-refractivity contribution is 0.101. The first-order chi connectivity index (χ1) is 18.4. The molecule has 2 aromatic heterocycles. The van der Waals surface area contributed by atoms with Gasteiger partial charge >= 0.3 is 0 Å². The Kier molecular flexibility index (Phi) is 13.0. The van der Waals surface area contributed by atoms with Crippen LogP contribution in [0.2, 0.25) is 0 Å². The molecule has 2 atom stereocenters. The minimum atomic E-state index is 0.0614. The van der Waals surface area contributed by atoms with Crippen LogP contribution in [0.15, 0.2) is 54.7 Å². The number of para-hydroxylation sites is 1. The SMILES string of the molecule is CC.CC(=O)c1cc(-c2cn(C)c3ccc(C)cc23)nc2ccccc12.CCC1CCCC(CN)C1.CCl. The molecule has 4 nitrogen and oxygen atoms in total. The van der Waals surface area contributed by atoms with E-state index in [9.17, 15) is 4.79 Å². The van der Waals surface area contributed by atoms with E-state index in [0.717, 1.165) is 57.0 Å². The highest BCUT2D eigenvalue weighted by Crippen LogP contribution is 2.32. The molecule has 0 saturated heterocycles. The number of aromatic nitrogens is 2. The van der Waals surface area contributed by atoms with E-state index >= 15 is 0 Å². The summed E-state index contributed by atoms with van der Waals surface area (Å²) in [4.78, 5) is 16.9. The fourth-order valence-corrected chi connectivity index (χ4v) is 5.30. The van der Waals surface area contributed by atoms with Crippen LogP contribution < -0.4 is 5.73 Å². The van der Waals surface area contributed by atoms with Crippen LogP contribution in [0.5, 0.6) is 0 Å². The fourth-order valence-electron chi connectivity index (χ4n) is 5.30. The topological polar surface area (TPSA) is 60.9 Å². The van der Waals surface area contributed by atoms with Crippen molar-refractivity contribution in [1.29, 1.82) is 0 Å². The zero-order chi connectivity index (χ0) is 28.2. The van der Waals surface area contributed by atoms with Crippen LogP contribution in [0.25, 0.3) is 33.1 Å². The third-order valence-electron chi connectivity index (χ3n) is 7.32. The molecule has 1 saturated carbocycles. The first-order valence-corrected chi connectivity index (χ1v) is 14.7. The van der Waals surface area contributed by atoms with Gasteiger partial charge in [0.05, 0.1) is 11.2 Å². The van der Waals surface area contributed by atoms with E-state index in [2.05, 4.69) is 54.4 Å². The third-order valence-corrected chi connectivity index (χ3v) is 7.32. The second-order valence-electron chi connectivity index (χ2n) is 9.85. The van der Waals surface area contributed by atoms with Crippen molar-refractivity contribution in [2.24, 2.45) is 24.6 Å². The van der Waals surface area contributed by atoms with Crippen LogP contribution in [-0.2, 0) is 7.05 Å². The largest absolute Gasteiger partial charge is 0.350 e. The second kappa shape index (κ2) is 15.7. The number of pyridine rings is 1. The molecule has 2 N–H and O–H groups in total. The summed E-state index contributed by atoms with van der Waals surface area (Å²) >= 11 is 4.64. The molecule has 2 aromatic carbocycles. The number of alkyl halides is 1. The smallest absolute Gasteiger partial charge is 0.160 e. The van der Waals surface area contributed by atoms with Crippen molar-refractivity contribution >= 4 is 39.2 Å². The van der Waals surface area contributed by atoms with Gasteiger partial charge in [-0.05, 0) is 69.3 Å². The van der Waals surface area contributed by atoms with E-state index in [1.54, 1.807) is 6.92 Å². The fraction of sp³-hybridized carbons (Fsp3) is 0.455. The Morgan fingerprint density at radius 3 is 2.39 bits per heavy atom. The molecule has 0 aliphatic heterocycles. The number of hydrogen-bond donors (Lipinski definition) is 1. The van der Waals surface area contributed by atoms with Gasteiger partial charge in [0.15, 0.2) is 5.78 Å². The number of halogens is 1. The highest BCUT2D eigenvalue weighted by Gasteiger charge is 2.19. The van der Waals surface area contributed by atoms with Crippen molar-refractivity contribution in [2.45, 2.75) is 66.7 Å². The summed E-state index contributed by atoms with van der Waals surface area (Å²) in [5.41, 5.74) is 11.5. The summed E-state index contributed by atoms with van der Waals surface area (Å²) in [7, 11) is 2.04. The van der Waals surface area contributed by atoms with Gasteiger partial charge in [0.1, 0.15) is 0 Å². The Morgan fingerprint density at radius 1 is 1.05 bits per heavy atom. The molecule has 5 heteroatoms. The van der Waals surface area contributed by atoms with E-state index in [-0.39, 0.29) is 5.78 Å². The Bertz CT molecular complexity index is 1300. The lowest BCUT2D eigenvalue weighted by Gasteiger charge is -2.27. The minimum Gasteiger partial charge on any atom is -0.350 e. The predicted molar refractivity (Wildman–Crippen MR) is 166 cm³/mol. The monoisotopic (exact) mass is 535 g/mol. The molecule has 1 aliphatic rings. The van der Waals surface area contributed by atoms with Gasteiger partial charge in [0.25, 0.3) is 0 Å². The first kappa shape index (κ1) is 31.5. The number of rotatable bonds is 4. The maximum Gasteiger partial charge on any atom is 0.160 e. The molecule has 5 rings (SSSR count). The van der Waals surface area contributed by atoms with Crippen LogP contribution in [0.3, 0.4) is 0 Å². The number of benzene rings is 2. The molecule has 0 spiro atoms. The van der Waals surface area contributed by atoms with Crippen molar-refractivity contribution in [3.8, 4) is 11.3 Å². The molecule has 0 amide bonds. The average molecular weight is 536 g/mol.